The van der Waals surface area contributed by atoms with Crippen LogP contribution in [0, 0.1) is 0 Å². The van der Waals surface area contributed by atoms with Gasteiger partial charge >= 0.3 is 0 Å². The minimum atomic E-state index is 0.0396. The molecule has 5 heteroatoms. The van der Waals surface area contributed by atoms with Crippen molar-refractivity contribution in [2.75, 3.05) is 18.0 Å². The monoisotopic (exact) mass is 272 g/mol. The topological polar surface area (TPSA) is 55.1 Å². The van der Waals surface area contributed by atoms with Gasteiger partial charge in [0.25, 0.3) is 0 Å². The van der Waals surface area contributed by atoms with Crippen LogP contribution in [-0.4, -0.2) is 18.2 Å². The summed E-state index contributed by atoms with van der Waals surface area (Å²) < 4.78 is 0. The fraction of sp³-hybridized carbons (Fsp3) is 0.417. The summed E-state index contributed by atoms with van der Waals surface area (Å²) in [7, 11) is 0. The van der Waals surface area contributed by atoms with Crippen molar-refractivity contribution in [3.63, 3.8) is 0 Å². The quantitative estimate of drug-likeness (QED) is 0.476. The molecule has 3 nitrogen and oxygen atoms in total. The summed E-state index contributed by atoms with van der Waals surface area (Å²) in [6, 6.07) is 5.30. The summed E-state index contributed by atoms with van der Waals surface area (Å²) >= 11 is 7.22. The van der Waals surface area contributed by atoms with Crippen molar-refractivity contribution in [2.45, 2.75) is 24.7 Å². The van der Waals surface area contributed by atoms with Crippen molar-refractivity contribution in [2.24, 2.45) is 0 Å². The number of hydrogen-bond acceptors (Lipinski definition) is 3. The summed E-state index contributed by atoms with van der Waals surface area (Å²) in [4.78, 5) is 12.4. The van der Waals surface area contributed by atoms with Gasteiger partial charge < -0.3 is 11.1 Å². The average Bonchev–Trinajstić information content (AvgIpc) is 2.28. The van der Waals surface area contributed by atoms with Crippen molar-refractivity contribution >= 4 is 35.0 Å². The highest BCUT2D eigenvalue weighted by molar-refractivity contribution is 8.00. The second-order valence-electron chi connectivity index (χ2n) is 3.67. The number of halogens is 1. The first-order valence-electron chi connectivity index (χ1n) is 5.58. The van der Waals surface area contributed by atoms with E-state index in [-0.39, 0.29) is 5.91 Å². The molecule has 0 saturated carbocycles. The molecular weight excluding hydrogens is 256 g/mol. The lowest BCUT2D eigenvalue weighted by Crippen LogP contribution is -2.26. The molecule has 1 aromatic carbocycles. The van der Waals surface area contributed by atoms with Gasteiger partial charge in [0.15, 0.2) is 0 Å². The molecule has 3 N–H and O–H groups in total. The Labute approximate surface area is 111 Å². The smallest absolute Gasteiger partial charge is 0.230 e. The molecule has 0 radical (unpaired) electrons. The zero-order valence-electron chi connectivity index (χ0n) is 9.83. The normalized spacial score (nSPS) is 10.2. The Morgan fingerprint density at radius 1 is 1.53 bits per heavy atom. The van der Waals surface area contributed by atoms with Gasteiger partial charge in [-0.25, -0.2) is 0 Å². The number of nitrogens with one attached hydrogen (secondary N) is 1. The number of carbonyl (C=O) groups excluding carboxylic acids is 1. The van der Waals surface area contributed by atoms with Gasteiger partial charge in [-0.2, -0.15) is 0 Å². The SMILES string of the molecule is CCCCNC(=O)CSc1ccc(Cl)cc1N. The summed E-state index contributed by atoms with van der Waals surface area (Å²) in [5.41, 5.74) is 6.41. The maximum atomic E-state index is 11.5. The first-order valence-corrected chi connectivity index (χ1v) is 6.94. The maximum absolute atomic E-state index is 11.5. The molecule has 1 amide bonds. The molecular formula is C12H17ClN2OS. The zero-order valence-corrected chi connectivity index (χ0v) is 11.4. The first-order chi connectivity index (χ1) is 8.13. The van der Waals surface area contributed by atoms with Crippen molar-refractivity contribution < 1.29 is 4.79 Å². The van der Waals surface area contributed by atoms with Gasteiger partial charge in [-0.1, -0.05) is 24.9 Å². The molecule has 0 spiro atoms. The van der Waals surface area contributed by atoms with Gasteiger partial charge in [0.1, 0.15) is 0 Å². The van der Waals surface area contributed by atoms with Gasteiger partial charge in [0.2, 0.25) is 5.91 Å². The fourth-order valence-electron chi connectivity index (χ4n) is 1.25. The number of amides is 1. The summed E-state index contributed by atoms with van der Waals surface area (Å²) in [5, 5.41) is 3.47. The highest BCUT2D eigenvalue weighted by Gasteiger charge is 2.05. The van der Waals surface area contributed by atoms with Crippen molar-refractivity contribution in [1.29, 1.82) is 0 Å². The number of anilines is 1. The van der Waals surface area contributed by atoms with E-state index in [1.165, 1.54) is 11.8 Å². The van der Waals surface area contributed by atoms with Crippen LogP contribution in [0.5, 0.6) is 0 Å². The highest BCUT2D eigenvalue weighted by atomic mass is 35.5. The van der Waals surface area contributed by atoms with Crippen LogP contribution in [0.2, 0.25) is 5.02 Å². The Morgan fingerprint density at radius 2 is 2.29 bits per heavy atom. The van der Waals surface area contributed by atoms with E-state index in [9.17, 15) is 4.79 Å². The number of nitrogens with two attached hydrogens (primary N) is 1. The van der Waals surface area contributed by atoms with E-state index in [1.54, 1.807) is 12.1 Å². The molecule has 0 aliphatic carbocycles. The fourth-order valence-corrected chi connectivity index (χ4v) is 2.21. The van der Waals surface area contributed by atoms with Crippen LogP contribution in [0.3, 0.4) is 0 Å². The number of unbranched alkanes of at least 4 members (excludes halogenated alkanes) is 1. The highest BCUT2D eigenvalue weighted by Crippen LogP contribution is 2.27. The van der Waals surface area contributed by atoms with E-state index in [1.807, 2.05) is 6.07 Å². The van der Waals surface area contributed by atoms with Crippen LogP contribution in [0.25, 0.3) is 0 Å². The summed E-state index contributed by atoms with van der Waals surface area (Å²) in [6.45, 7) is 2.83. The van der Waals surface area contributed by atoms with E-state index in [4.69, 9.17) is 17.3 Å². The zero-order chi connectivity index (χ0) is 12.7. The number of rotatable bonds is 6. The number of thioether (sulfide) groups is 1. The number of benzene rings is 1. The molecule has 1 aromatic rings. The predicted octanol–water partition coefficient (Wildman–Crippen LogP) is 2.93. The Bertz CT molecular complexity index is 385. The Hall–Kier alpha value is -0.870. The summed E-state index contributed by atoms with van der Waals surface area (Å²) in [6.07, 6.45) is 2.09. The van der Waals surface area contributed by atoms with Crippen molar-refractivity contribution in [3.05, 3.63) is 23.2 Å². The second kappa shape index (κ2) is 7.45. The van der Waals surface area contributed by atoms with Crippen molar-refractivity contribution in [3.8, 4) is 0 Å². The Morgan fingerprint density at radius 3 is 2.94 bits per heavy atom. The third-order valence-electron chi connectivity index (χ3n) is 2.18. The van der Waals surface area contributed by atoms with Gasteiger partial charge in [0, 0.05) is 22.2 Å². The molecule has 0 atom stereocenters. The third-order valence-corrected chi connectivity index (χ3v) is 3.51. The molecule has 0 saturated heterocycles. The second-order valence-corrected chi connectivity index (χ2v) is 5.13. The Balaban J connectivity index is 2.37. The minimum Gasteiger partial charge on any atom is -0.398 e. The van der Waals surface area contributed by atoms with E-state index < -0.39 is 0 Å². The molecule has 0 aliphatic rings. The van der Waals surface area contributed by atoms with E-state index >= 15 is 0 Å². The van der Waals surface area contributed by atoms with Gasteiger partial charge in [0.05, 0.1) is 5.75 Å². The lowest BCUT2D eigenvalue weighted by atomic mass is 10.3. The van der Waals surface area contributed by atoms with Crippen LogP contribution < -0.4 is 11.1 Å². The first kappa shape index (κ1) is 14.2. The van der Waals surface area contributed by atoms with E-state index in [2.05, 4.69) is 12.2 Å². The van der Waals surface area contributed by atoms with Gasteiger partial charge in [-0.05, 0) is 24.6 Å². The van der Waals surface area contributed by atoms with Crippen LogP contribution in [0.1, 0.15) is 19.8 Å². The lowest BCUT2D eigenvalue weighted by Gasteiger charge is -2.06. The van der Waals surface area contributed by atoms with E-state index in [0.29, 0.717) is 16.5 Å². The molecule has 0 unspecified atom stereocenters. The van der Waals surface area contributed by atoms with E-state index in [0.717, 1.165) is 24.3 Å². The largest absolute Gasteiger partial charge is 0.398 e. The summed E-state index contributed by atoms with van der Waals surface area (Å²) in [5.74, 6) is 0.424. The van der Waals surface area contributed by atoms with Gasteiger partial charge in [-0.3, -0.25) is 4.79 Å². The standard InChI is InChI=1S/C12H17ClN2OS/c1-2-3-6-15-12(16)8-17-11-5-4-9(13)7-10(11)14/h4-5,7H,2-3,6,8,14H2,1H3,(H,15,16). The number of hydrogen-bond donors (Lipinski definition) is 2. The molecule has 0 heterocycles. The predicted molar refractivity (Wildman–Crippen MR) is 74.5 cm³/mol. The average molecular weight is 273 g/mol. The van der Waals surface area contributed by atoms with Crippen LogP contribution in [-0.2, 0) is 4.79 Å². The molecule has 0 aliphatic heterocycles. The molecule has 0 aromatic heterocycles. The molecule has 17 heavy (non-hydrogen) atoms. The van der Waals surface area contributed by atoms with Gasteiger partial charge in [-0.15, -0.1) is 11.8 Å². The van der Waals surface area contributed by atoms with Crippen molar-refractivity contribution in [1.82, 2.24) is 5.32 Å². The molecule has 0 fully saturated rings. The Kier molecular flexibility index (Phi) is 6.22. The maximum Gasteiger partial charge on any atom is 0.230 e. The number of nitrogen functional groups attached to an aromatic ring is 1. The third kappa shape index (κ3) is 5.33. The molecule has 94 valence electrons. The van der Waals surface area contributed by atoms with Crippen LogP contribution >= 0.6 is 23.4 Å². The van der Waals surface area contributed by atoms with Crippen LogP contribution in [0.4, 0.5) is 5.69 Å². The molecule has 0 bridgehead atoms. The minimum absolute atomic E-state index is 0.0396. The number of carbonyl (C=O) groups is 1. The lowest BCUT2D eigenvalue weighted by molar-refractivity contribution is -0.118. The van der Waals surface area contributed by atoms with Crippen LogP contribution in [0.15, 0.2) is 23.1 Å². The molecule has 1 rings (SSSR count).